The summed E-state index contributed by atoms with van der Waals surface area (Å²) in [7, 11) is 8.98. The van der Waals surface area contributed by atoms with E-state index in [0.717, 1.165) is 10.4 Å². The second-order valence-electron chi connectivity index (χ2n) is 4.22. The molecule has 0 spiro atoms. The van der Waals surface area contributed by atoms with Crippen LogP contribution in [0.2, 0.25) is 13.1 Å². The maximum absolute atomic E-state index is 2.31. The summed E-state index contributed by atoms with van der Waals surface area (Å²) in [6, 6.07) is 0. The van der Waals surface area contributed by atoms with Crippen molar-refractivity contribution >= 4 is 7.28 Å². The van der Waals surface area contributed by atoms with Crippen molar-refractivity contribution in [3.63, 3.8) is 0 Å². The number of nitrogens with zero attached hydrogens (tertiary/aromatic N) is 1. The lowest BCUT2D eigenvalue weighted by Gasteiger charge is -2.27. The van der Waals surface area contributed by atoms with Crippen LogP contribution in [0.15, 0.2) is 0 Å². The van der Waals surface area contributed by atoms with E-state index in [1.54, 1.807) is 0 Å². The van der Waals surface area contributed by atoms with E-state index in [1.165, 1.54) is 12.9 Å². The molecule has 0 amide bonds. The lowest BCUT2D eigenvalue weighted by Crippen LogP contribution is -2.38. The topological polar surface area (TPSA) is 0 Å². The van der Waals surface area contributed by atoms with Gasteiger partial charge in [0, 0.05) is 0 Å². The number of quaternary nitrogens is 1. The molecule has 0 bridgehead atoms. The predicted octanol–water partition coefficient (Wildman–Crippen LogP) is 2.14. The van der Waals surface area contributed by atoms with Crippen molar-refractivity contribution < 1.29 is 4.48 Å². The molecule has 0 saturated carbocycles. The fraction of sp³-hybridized carbons (Fsp3) is 1.00. The van der Waals surface area contributed by atoms with Crippen molar-refractivity contribution in [3.8, 4) is 0 Å². The Morgan fingerprint density at radius 3 is 2.00 bits per heavy atom. The fourth-order valence-corrected chi connectivity index (χ4v) is 1.41. The van der Waals surface area contributed by atoms with Crippen molar-refractivity contribution in [2.75, 3.05) is 27.7 Å². The summed E-state index contributed by atoms with van der Waals surface area (Å²) in [6.07, 6.45) is 1.25. The molecule has 0 fully saturated rings. The van der Waals surface area contributed by atoms with Crippen LogP contribution in [0.1, 0.15) is 14.4 Å². The van der Waals surface area contributed by atoms with Gasteiger partial charge in [0.15, 0.2) is 0 Å². The molecule has 0 heterocycles. The molecule has 2 heteroatoms. The SMILES string of the molecule is C.C[B]CC(C)C[N+](C)(C)C. The van der Waals surface area contributed by atoms with Crippen LogP contribution < -0.4 is 0 Å². The van der Waals surface area contributed by atoms with Crippen LogP contribution in [0.3, 0.4) is 0 Å². The molecular weight excluding hydrogens is 133 g/mol. The fourth-order valence-electron chi connectivity index (χ4n) is 1.41. The van der Waals surface area contributed by atoms with E-state index in [0.29, 0.717) is 0 Å². The van der Waals surface area contributed by atoms with Gasteiger partial charge < -0.3 is 4.48 Å². The molecule has 0 N–H and O–H groups in total. The van der Waals surface area contributed by atoms with E-state index < -0.39 is 0 Å². The minimum atomic E-state index is 0. The first-order valence-corrected chi connectivity index (χ1v) is 4.04. The first kappa shape index (κ1) is 13.6. The van der Waals surface area contributed by atoms with Gasteiger partial charge in [0.05, 0.1) is 27.7 Å². The van der Waals surface area contributed by atoms with Crippen LogP contribution in [0.4, 0.5) is 0 Å². The smallest absolute Gasteiger partial charge is 0.106 e. The molecule has 0 aliphatic rings. The Morgan fingerprint density at radius 1 is 1.27 bits per heavy atom. The Bertz CT molecular complexity index is 86.1. The van der Waals surface area contributed by atoms with E-state index in [9.17, 15) is 0 Å². The first-order chi connectivity index (χ1) is 4.45. The van der Waals surface area contributed by atoms with Gasteiger partial charge in [-0.15, -0.1) is 0 Å². The van der Waals surface area contributed by atoms with Crippen LogP contribution in [0, 0.1) is 5.92 Å². The third-order valence-corrected chi connectivity index (χ3v) is 1.50. The average Bonchev–Trinajstić information content (AvgIpc) is 1.59. The summed E-state index contributed by atoms with van der Waals surface area (Å²) < 4.78 is 1.08. The second-order valence-corrected chi connectivity index (χ2v) is 4.22. The van der Waals surface area contributed by atoms with Gasteiger partial charge >= 0.3 is 0 Å². The second kappa shape index (κ2) is 5.65. The van der Waals surface area contributed by atoms with Crippen molar-refractivity contribution in [2.45, 2.75) is 27.5 Å². The molecule has 0 aliphatic heterocycles. The number of rotatable bonds is 4. The Hall–Kier alpha value is 0.0249. The molecule has 0 aromatic rings. The van der Waals surface area contributed by atoms with Crippen LogP contribution in [0.5, 0.6) is 0 Å². The predicted molar refractivity (Wildman–Crippen MR) is 55.2 cm³/mol. The summed E-state index contributed by atoms with van der Waals surface area (Å²) in [6.45, 7) is 5.71. The van der Waals surface area contributed by atoms with E-state index in [-0.39, 0.29) is 7.43 Å². The Labute approximate surface area is 73.6 Å². The van der Waals surface area contributed by atoms with Gasteiger partial charge in [-0.1, -0.05) is 27.5 Å². The van der Waals surface area contributed by atoms with Crippen LogP contribution >= 0.6 is 0 Å². The summed E-state index contributed by atoms with van der Waals surface area (Å²) >= 11 is 0. The van der Waals surface area contributed by atoms with Crippen LogP contribution in [-0.4, -0.2) is 39.5 Å². The molecule has 1 atom stereocenters. The quantitative estimate of drug-likeness (QED) is 0.433. The highest BCUT2D eigenvalue weighted by Crippen LogP contribution is 2.06. The third kappa shape index (κ3) is 10.0. The Balaban J connectivity index is 0. The molecule has 0 saturated heterocycles. The normalized spacial score (nSPS) is 13.5. The monoisotopic (exact) mass is 157 g/mol. The lowest BCUT2D eigenvalue weighted by molar-refractivity contribution is -0.873. The van der Waals surface area contributed by atoms with Crippen molar-refractivity contribution in [2.24, 2.45) is 5.92 Å². The standard InChI is InChI=1S/C8H20BN.CH4/c1-8(6-9-2)7-10(3,4)5;/h8H,6-7H2,1-5H3;1H4/q+1;. The van der Waals surface area contributed by atoms with E-state index in [4.69, 9.17) is 0 Å². The summed E-state index contributed by atoms with van der Waals surface area (Å²) in [5.74, 6) is 0.824. The summed E-state index contributed by atoms with van der Waals surface area (Å²) in [5, 5.41) is 0. The molecule has 11 heavy (non-hydrogen) atoms. The minimum Gasteiger partial charge on any atom is -0.331 e. The Morgan fingerprint density at radius 2 is 1.73 bits per heavy atom. The van der Waals surface area contributed by atoms with Crippen LogP contribution in [0.25, 0.3) is 0 Å². The van der Waals surface area contributed by atoms with Crippen LogP contribution in [-0.2, 0) is 0 Å². The highest BCUT2D eigenvalue weighted by Gasteiger charge is 2.12. The zero-order chi connectivity index (χ0) is 8.20. The number of hydrogen-bond acceptors (Lipinski definition) is 0. The molecule has 0 aliphatic carbocycles. The summed E-state index contributed by atoms with van der Waals surface area (Å²) in [4.78, 5) is 0. The zero-order valence-electron chi connectivity index (χ0n) is 8.02. The third-order valence-electron chi connectivity index (χ3n) is 1.50. The Kier molecular flexibility index (Phi) is 6.98. The zero-order valence-corrected chi connectivity index (χ0v) is 8.02. The van der Waals surface area contributed by atoms with Gasteiger partial charge in [0.25, 0.3) is 0 Å². The van der Waals surface area contributed by atoms with Crippen molar-refractivity contribution in [1.29, 1.82) is 0 Å². The van der Waals surface area contributed by atoms with Gasteiger partial charge in [-0.3, -0.25) is 0 Å². The minimum absolute atomic E-state index is 0. The first-order valence-electron chi connectivity index (χ1n) is 4.04. The molecule has 0 aromatic heterocycles. The van der Waals surface area contributed by atoms with E-state index in [2.05, 4.69) is 42.2 Å². The maximum atomic E-state index is 2.31. The van der Waals surface area contributed by atoms with E-state index in [1.807, 2.05) is 0 Å². The average molecular weight is 157 g/mol. The largest absolute Gasteiger partial charge is 0.331 e. The van der Waals surface area contributed by atoms with E-state index >= 15 is 0 Å². The molecule has 0 aromatic carbocycles. The maximum Gasteiger partial charge on any atom is 0.106 e. The molecular formula is C9H24BN+. The van der Waals surface area contributed by atoms with Crippen molar-refractivity contribution in [1.82, 2.24) is 0 Å². The van der Waals surface area contributed by atoms with Crippen molar-refractivity contribution in [3.05, 3.63) is 0 Å². The van der Waals surface area contributed by atoms with Gasteiger partial charge in [-0.05, 0) is 5.92 Å². The molecule has 0 rings (SSSR count). The molecule has 1 radical (unpaired) electrons. The van der Waals surface area contributed by atoms with Gasteiger partial charge in [0.1, 0.15) is 7.28 Å². The highest BCUT2D eigenvalue weighted by molar-refractivity contribution is 6.33. The van der Waals surface area contributed by atoms with Gasteiger partial charge in [-0.25, -0.2) is 0 Å². The molecule has 1 unspecified atom stereocenters. The lowest BCUT2D eigenvalue weighted by atomic mass is 9.73. The van der Waals surface area contributed by atoms with Gasteiger partial charge in [-0.2, -0.15) is 0 Å². The number of hydrogen-bond donors (Lipinski definition) is 0. The molecule has 1 nitrogen and oxygen atoms in total. The summed E-state index contributed by atoms with van der Waals surface area (Å²) in [5.41, 5.74) is 0. The van der Waals surface area contributed by atoms with Gasteiger partial charge in [0.2, 0.25) is 0 Å². The highest BCUT2D eigenvalue weighted by atomic mass is 15.3. The molecule has 67 valence electrons.